The largest absolute Gasteiger partial charge is 0.311 e. The van der Waals surface area contributed by atoms with Gasteiger partial charge in [-0.1, -0.05) is 29.8 Å². The number of pyridine rings is 1. The Balaban J connectivity index is 2.37. The van der Waals surface area contributed by atoms with E-state index in [1.165, 1.54) is 11.0 Å². The maximum absolute atomic E-state index is 4.70. The molecule has 2 nitrogen and oxygen atoms in total. The van der Waals surface area contributed by atoms with Gasteiger partial charge in [-0.25, -0.2) is 0 Å². The van der Waals surface area contributed by atoms with Gasteiger partial charge in [0.1, 0.15) is 0 Å². The molecule has 1 atom stereocenters. The molecule has 17 heavy (non-hydrogen) atoms. The van der Waals surface area contributed by atoms with Crippen LogP contribution in [0.5, 0.6) is 0 Å². The molecule has 1 aromatic heterocycles. The number of benzene rings is 1. The van der Waals surface area contributed by atoms with Crippen LogP contribution in [0, 0.1) is 0 Å². The van der Waals surface area contributed by atoms with Gasteiger partial charge in [0.25, 0.3) is 0 Å². The number of fused-ring (bicyclic) bond motifs is 1. The minimum absolute atomic E-state index is 0.247. The molecule has 0 bridgehead atoms. The summed E-state index contributed by atoms with van der Waals surface area (Å²) in [4.78, 5) is 4.70. The number of nitrogens with one attached hydrogen (secondary N) is 1. The summed E-state index contributed by atoms with van der Waals surface area (Å²) in [5.74, 6) is 0. The Labute approximate surface area is 102 Å². The van der Waals surface area contributed by atoms with Gasteiger partial charge in [-0.05, 0) is 32.5 Å². The van der Waals surface area contributed by atoms with Crippen LogP contribution < -0.4 is 5.32 Å². The van der Waals surface area contributed by atoms with Crippen LogP contribution in [-0.2, 0) is 0 Å². The minimum Gasteiger partial charge on any atom is -0.311 e. The molecular formula is C15H18N2. The van der Waals surface area contributed by atoms with Crippen molar-refractivity contribution in [1.82, 2.24) is 10.3 Å². The monoisotopic (exact) mass is 226 g/mol. The lowest BCUT2D eigenvalue weighted by Gasteiger charge is -2.16. The number of aromatic nitrogens is 1. The number of hydrogen-bond acceptors (Lipinski definition) is 2. The molecule has 2 heteroatoms. The molecule has 88 valence electrons. The molecule has 0 aliphatic heterocycles. The van der Waals surface area contributed by atoms with Crippen molar-refractivity contribution in [2.45, 2.75) is 19.4 Å². The Morgan fingerprint density at radius 3 is 2.76 bits per heavy atom. The highest BCUT2D eigenvalue weighted by Crippen LogP contribution is 2.21. The molecule has 1 unspecified atom stereocenters. The van der Waals surface area contributed by atoms with Gasteiger partial charge >= 0.3 is 0 Å². The summed E-state index contributed by atoms with van der Waals surface area (Å²) in [7, 11) is 1.96. The molecule has 1 heterocycles. The lowest BCUT2D eigenvalue weighted by molar-refractivity contribution is 0.576. The highest BCUT2D eigenvalue weighted by atomic mass is 14.9. The summed E-state index contributed by atoms with van der Waals surface area (Å²) in [6.07, 6.45) is 0.918. The van der Waals surface area contributed by atoms with Gasteiger partial charge in [0.15, 0.2) is 0 Å². The molecule has 1 aromatic carbocycles. The Kier molecular flexibility index (Phi) is 3.55. The van der Waals surface area contributed by atoms with Crippen LogP contribution >= 0.6 is 0 Å². The first-order chi connectivity index (χ1) is 8.20. The molecule has 1 N–H and O–H groups in total. The predicted octanol–water partition coefficient (Wildman–Crippen LogP) is 3.46. The maximum atomic E-state index is 4.70. The maximum Gasteiger partial charge on any atom is 0.0706 e. The van der Waals surface area contributed by atoms with E-state index in [2.05, 4.69) is 30.1 Å². The fourth-order valence-electron chi connectivity index (χ4n) is 1.98. The van der Waals surface area contributed by atoms with Crippen LogP contribution in [0.4, 0.5) is 0 Å². The number of nitrogens with zero attached hydrogens (tertiary/aromatic N) is 1. The zero-order valence-corrected chi connectivity index (χ0v) is 10.4. The second-order valence-electron chi connectivity index (χ2n) is 4.43. The van der Waals surface area contributed by atoms with E-state index in [1.807, 2.05) is 32.2 Å². The molecule has 0 amide bonds. The number of hydrogen-bond donors (Lipinski definition) is 1. The van der Waals surface area contributed by atoms with Crippen molar-refractivity contribution in [3.63, 3.8) is 0 Å². The Morgan fingerprint density at radius 2 is 2.06 bits per heavy atom. The van der Waals surface area contributed by atoms with Crippen molar-refractivity contribution < 1.29 is 0 Å². The second kappa shape index (κ2) is 5.11. The third-order valence-electron chi connectivity index (χ3n) is 2.88. The first kappa shape index (κ1) is 11.8. The van der Waals surface area contributed by atoms with Gasteiger partial charge in [0, 0.05) is 5.39 Å². The van der Waals surface area contributed by atoms with Crippen LogP contribution in [0.25, 0.3) is 10.9 Å². The summed E-state index contributed by atoms with van der Waals surface area (Å²) < 4.78 is 0. The fraction of sp³-hybridized carbons (Fsp3) is 0.267. The van der Waals surface area contributed by atoms with E-state index in [9.17, 15) is 0 Å². The van der Waals surface area contributed by atoms with Crippen molar-refractivity contribution in [3.8, 4) is 0 Å². The zero-order chi connectivity index (χ0) is 12.3. The number of para-hydroxylation sites is 1. The van der Waals surface area contributed by atoms with E-state index in [4.69, 9.17) is 4.98 Å². The van der Waals surface area contributed by atoms with E-state index in [1.54, 1.807) is 0 Å². The molecule has 0 fully saturated rings. The van der Waals surface area contributed by atoms with Crippen molar-refractivity contribution in [1.29, 1.82) is 0 Å². The Morgan fingerprint density at radius 1 is 1.29 bits per heavy atom. The fourth-order valence-corrected chi connectivity index (χ4v) is 1.98. The minimum atomic E-state index is 0.247. The topological polar surface area (TPSA) is 24.9 Å². The summed E-state index contributed by atoms with van der Waals surface area (Å²) in [5.41, 5.74) is 3.29. The van der Waals surface area contributed by atoms with E-state index in [-0.39, 0.29) is 6.04 Å². The van der Waals surface area contributed by atoms with Crippen molar-refractivity contribution >= 4 is 10.9 Å². The van der Waals surface area contributed by atoms with Crippen LogP contribution in [0.2, 0.25) is 0 Å². The van der Waals surface area contributed by atoms with Crippen LogP contribution in [0.1, 0.15) is 25.1 Å². The molecule has 2 rings (SSSR count). The van der Waals surface area contributed by atoms with Crippen molar-refractivity contribution in [3.05, 3.63) is 54.2 Å². The van der Waals surface area contributed by atoms with Gasteiger partial charge in [0.05, 0.1) is 17.3 Å². The van der Waals surface area contributed by atoms with E-state index in [0.29, 0.717) is 0 Å². The predicted molar refractivity (Wildman–Crippen MR) is 73.0 cm³/mol. The van der Waals surface area contributed by atoms with E-state index in [0.717, 1.165) is 17.6 Å². The zero-order valence-electron chi connectivity index (χ0n) is 10.4. The second-order valence-corrected chi connectivity index (χ2v) is 4.43. The van der Waals surface area contributed by atoms with E-state index >= 15 is 0 Å². The summed E-state index contributed by atoms with van der Waals surface area (Å²) in [6, 6.07) is 12.6. The molecule has 0 saturated heterocycles. The lowest BCUT2D eigenvalue weighted by Crippen LogP contribution is -2.17. The molecule has 0 saturated carbocycles. The third-order valence-corrected chi connectivity index (χ3v) is 2.88. The van der Waals surface area contributed by atoms with Crippen LogP contribution in [0.3, 0.4) is 0 Å². The molecule has 0 aliphatic carbocycles. The molecule has 0 aliphatic rings. The quantitative estimate of drug-likeness (QED) is 0.807. The standard InChI is InChI=1S/C15H18N2/c1-11(2)10-15(16-3)14-9-8-12-6-4-5-7-13(12)17-14/h4-9,15-16H,1,10H2,2-3H3. The SMILES string of the molecule is C=C(C)CC(NC)c1ccc2ccccc2n1. The van der Waals surface area contributed by atoms with Crippen molar-refractivity contribution in [2.24, 2.45) is 0 Å². The third kappa shape index (κ3) is 2.71. The summed E-state index contributed by atoms with van der Waals surface area (Å²) in [6.45, 7) is 6.01. The summed E-state index contributed by atoms with van der Waals surface area (Å²) in [5, 5.41) is 4.47. The van der Waals surface area contributed by atoms with Gasteiger partial charge in [-0.15, -0.1) is 6.58 Å². The smallest absolute Gasteiger partial charge is 0.0706 e. The average molecular weight is 226 g/mol. The lowest BCUT2D eigenvalue weighted by atomic mass is 10.0. The first-order valence-corrected chi connectivity index (χ1v) is 5.88. The first-order valence-electron chi connectivity index (χ1n) is 5.88. The van der Waals surface area contributed by atoms with Gasteiger partial charge < -0.3 is 5.32 Å². The Bertz CT molecular complexity index is 531. The van der Waals surface area contributed by atoms with Gasteiger partial charge in [-0.3, -0.25) is 4.98 Å². The van der Waals surface area contributed by atoms with Crippen molar-refractivity contribution in [2.75, 3.05) is 7.05 Å². The molecule has 2 aromatic rings. The van der Waals surface area contributed by atoms with Crippen LogP contribution in [-0.4, -0.2) is 12.0 Å². The van der Waals surface area contributed by atoms with E-state index < -0.39 is 0 Å². The highest BCUT2D eigenvalue weighted by molar-refractivity contribution is 5.78. The van der Waals surface area contributed by atoms with Crippen LogP contribution in [0.15, 0.2) is 48.6 Å². The molecule has 0 spiro atoms. The summed E-state index contributed by atoms with van der Waals surface area (Å²) >= 11 is 0. The number of rotatable bonds is 4. The normalized spacial score (nSPS) is 12.6. The Hall–Kier alpha value is -1.67. The average Bonchev–Trinajstić information content (AvgIpc) is 2.35. The molecule has 0 radical (unpaired) electrons. The highest BCUT2D eigenvalue weighted by Gasteiger charge is 2.10. The molecular weight excluding hydrogens is 208 g/mol. The van der Waals surface area contributed by atoms with Gasteiger partial charge in [0.2, 0.25) is 0 Å². The van der Waals surface area contributed by atoms with Gasteiger partial charge in [-0.2, -0.15) is 0 Å².